The van der Waals surface area contributed by atoms with E-state index in [2.05, 4.69) is 25.2 Å². The van der Waals surface area contributed by atoms with Gasteiger partial charge in [0.15, 0.2) is 0 Å². The number of pyridine rings is 1. The van der Waals surface area contributed by atoms with Crippen LogP contribution in [0.1, 0.15) is 23.2 Å². The van der Waals surface area contributed by atoms with Crippen LogP contribution in [0.2, 0.25) is 0 Å². The average Bonchev–Trinajstić information content (AvgIpc) is 3.42. The molecule has 3 heterocycles. The lowest BCUT2D eigenvalue weighted by molar-refractivity contribution is 0.0950. The van der Waals surface area contributed by atoms with E-state index >= 15 is 0 Å². The van der Waals surface area contributed by atoms with E-state index in [1.165, 1.54) is 12.8 Å². The molecule has 7 heteroatoms. The van der Waals surface area contributed by atoms with Gasteiger partial charge in [-0.05, 0) is 61.6 Å². The summed E-state index contributed by atoms with van der Waals surface area (Å²) in [7, 11) is 0. The lowest BCUT2D eigenvalue weighted by atomic mass is 10.1. The smallest absolute Gasteiger partial charge is 0.259 e. The second-order valence-electron chi connectivity index (χ2n) is 7.72. The van der Waals surface area contributed by atoms with E-state index in [4.69, 9.17) is 0 Å². The summed E-state index contributed by atoms with van der Waals surface area (Å²) in [5.74, 6) is 0.388. The Morgan fingerprint density at radius 2 is 1.87 bits per heavy atom. The third-order valence-electron chi connectivity index (χ3n) is 5.66. The van der Waals surface area contributed by atoms with Crippen LogP contribution in [0.5, 0.6) is 0 Å². The van der Waals surface area contributed by atoms with E-state index < -0.39 is 0 Å². The number of para-hydroxylation sites is 1. The molecule has 4 aromatic rings. The van der Waals surface area contributed by atoms with Gasteiger partial charge in [0.25, 0.3) is 11.5 Å². The van der Waals surface area contributed by atoms with E-state index in [9.17, 15) is 9.59 Å². The van der Waals surface area contributed by atoms with E-state index in [1.807, 2.05) is 30.3 Å². The summed E-state index contributed by atoms with van der Waals surface area (Å²) in [6.45, 7) is 3.75. The first kappa shape index (κ1) is 18.6. The lowest BCUT2D eigenvalue weighted by Gasteiger charge is -2.14. The highest BCUT2D eigenvalue weighted by atomic mass is 16.1. The Labute approximate surface area is 173 Å². The summed E-state index contributed by atoms with van der Waals surface area (Å²) in [6, 6.07) is 14.8. The molecule has 152 valence electrons. The topological polar surface area (TPSA) is 93.9 Å². The molecule has 0 spiro atoms. The number of fused-ring (bicyclic) bond motifs is 2. The van der Waals surface area contributed by atoms with Crippen LogP contribution >= 0.6 is 0 Å². The minimum atomic E-state index is -0.201. The number of nitrogens with zero attached hydrogens (tertiary/aromatic N) is 2. The van der Waals surface area contributed by atoms with Crippen molar-refractivity contribution in [2.45, 2.75) is 12.8 Å². The van der Waals surface area contributed by atoms with Crippen LogP contribution in [-0.4, -0.2) is 51.9 Å². The van der Waals surface area contributed by atoms with Crippen LogP contribution in [0, 0.1) is 0 Å². The highest BCUT2D eigenvalue weighted by molar-refractivity contribution is 5.97. The number of likely N-dealkylation sites (tertiary alicyclic amines) is 1. The van der Waals surface area contributed by atoms with Gasteiger partial charge in [-0.3, -0.25) is 9.59 Å². The number of nitrogens with one attached hydrogen (secondary N) is 3. The van der Waals surface area contributed by atoms with Gasteiger partial charge in [0, 0.05) is 24.2 Å². The molecule has 2 aromatic carbocycles. The van der Waals surface area contributed by atoms with Crippen molar-refractivity contribution in [2.75, 3.05) is 26.2 Å². The quantitative estimate of drug-likeness (QED) is 0.479. The van der Waals surface area contributed by atoms with Crippen LogP contribution in [0.25, 0.3) is 33.3 Å². The molecule has 5 rings (SSSR count). The average molecular weight is 401 g/mol. The van der Waals surface area contributed by atoms with Crippen LogP contribution in [0.15, 0.2) is 53.3 Å². The molecule has 0 atom stereocenters. The molecule has 1 amide bonds. The second-order valence-corrected chi connectivity index (χ2v) is 7.72. The van der Waals surface area contributed by atoms with E-state index in [1.54, 1.807) is 18.2 Å². The summed E-state index contributed by atoms with van der Waals surface area (Å²) >= 11 is 0. The number of carbonyl (C=O) groups excluding carboxylic acids is 1. The molecule has 0 bridgehead atoms. The van der Waals surface area contributed by atoms with Crippen molar-refractivity contribution < 1.29 is 4.79 Å². The van der Waals surface area contributed by atoms with Crippen molar-refractivity contribution in [1.29, 1.82) is 0 Å². The largest absolute Gasteiger partial charge is 0.351 e. The zero-order chi connectivity index (χ0) is 20.5. The van der Waals surface area contributed by atoms with Crippen LogP contribution in [0.4, 0.5) is 0 Å². The van der Waals surface area contributed by atoms with Gasteiger partial charge in [-0.15, -0.1) is 0 Å². The number of carbonyl (C=O) groups is 1. The number of imidazole rings is 1. The van der Waals surface area contributed by atoms with E-state index in [0.717, 1.165) is 36.1 Å². The Morgan fingerprint density at radius 1 is 1.03 bits per heavy atom. The molecule has 1 aliphatic heterocycles. The summed E-state index contributed by atoms with van der Waals surface area (Å²) in [5.41, 5.74) is 3.08. The predicted molar refractivity (Wildman–Crippen MR) is 118 cm³/mol. The highest BCUT2D eigenvalue weighted by Crippen LogP contribution is 2.21. The summed E-state index contributed by atoms with van der Waals surface area (Å²) in [6.07, 6.45) is 2.49. The monoisotopic (exact) mass is 401 g/mol. The Balaban J connectivity index is 1.38. The number of amides is 1. The number of H-pyrrole nitrogens is 2. The number of aromatic nitrogens is 3. The summed E-state index contributed by atoms with van der Waals surface area (Å²) < 4.78 is 0. The first-order valence-electron chi connectivity index (χ1n) is 10.3. The van der Waals surface area contributed by atoms with Crippen molar-refractivity contribution in [3.63, 3.8) is 0 Å². The van der Waals surface area contributed by atoms with E-state index in [-0.39, 0.29) is 11.5 Å². The van der Waals surface area contributed by atoms with Crippen LogP contribution < -0.4 is 10.9 Å². The third kappa shape index (κ3) is 3.59. The molecule has 3 N–H and O–H groups in total. The third-order valence-corrected chi connectivity index (χ3v) is 5.66. The standard InChI is InChI=1S/C23H23N5O2/c29-22(24-9-12-28-10-3-4-11-28)16-7-8-19-20(14-16)26-21(25-19)17-13-15-5-1-2-6-18(15)27-23(17)30/h1-2,5-8,13-14H,3-4,9-12H2,(H,24,29)(H,25,26)(H,27,30). The SMILES string of the molecule is O=C(NCCN1CCCC1)c1ccc2nc(-c3cc4ccccc4[nH]c3=O)[nH]c2c1. The van der Waals surface area contributed by atoms with Crippen LogP contribution in [-0.2, 0) is 0 Å². The number of rotatable bonds is 5. The van der Waals surface area contributed by atoms with Gasteiger partial charge in [0.2, 0.25) is 0 Å². The highest BCUT2D eigenvalue weighted by Gasteiger charge is 2.14. The Kier molecular flexibility index (Phi) is 4.80. The second kappa shape index (κ2) is 7.76. The molecule has 0 unspecified atom stereocenters. The maximum atomic E-state index is 12.5. The van der Waals surface area contributed by atoms with Gasteiger partial charge < -0.3 is 20.2 Å². The lowest BCUT2D eigenvalue weighted by Crippen LogP contribution is -2.33. The van der Waals surface area contributed by atoms with E-state index in [0.29, 0.717) is 29.0 Å². The zero-order valence-corrected chi connectivity index (χ0v) is 16.6. The molecule has 30 heavy (non-hydrogen) atoms. The number of benzene rings is 2. The molecule has 0 radical (unpaired) electrons. The van der Waals surface area contributed by atoms with Crippen LogP contribution in [0.3, 0.4) is 0 Å². The molecule has 1 fully saturated rings. The predicted octanol–water partition coefficient (Wildman–Crippen LogP) is 2.90. The zero-order valence-electron chi connectivity index (χ0n) is 16.6. The van der Waals surface area contributed by atoms with Crippen molar-refractivity contribution in [3.8, 4) is 11.4 Å². The molecule has 0 saturated carbocycles. The van der Waals surface area contributed by atoms with Crippen molar-refractivity contribution >= 4 is 27.8 Å². The fourth-order valence-corrected chi connectivity index (χ4v) is 4.04. The molecule has 1 saturated heterocycles. The van der Waals surface area contributed by atoms with Gasteiger partial charge in [0.05, 0.1) is 16.6 Å². The Morgan fingerprint density at radius 3 is 2.73 bits per heavy atom. The first-order chi connectivity index (χ1) is 14.7. The maximum absolute atomic E-state index is 12.5. The fourth-order valence-electron chi connectivity index (χ4n) is 4.04. The van der Waals surface area contributed by atoms with Gasteiger partial charge in [-0.1, -0.05) is 18.2 Å². The van der Waals surface area contributed by atoms with Crippen molar-refractivity contribution in [1.82, 2.24) is 25.2 Å². The van der Waals surface area contributed by atoms with Gasteiger partial charge >= 0.3 is 0 Å². The van der Waals surface area contributed by atoms with Gasteiger partial charge in [-0.2, -0.15) is 0 Å². The number of aromatic amines is 2. The molecular weight excluding hydrogens is 378 g/mol. The first-order valence-corrected chi connectivity index (χ1v) is 10.3. The van der Waals surface area contributed by atoms with Gasteiger partial charge in [-0.25, -0.2) is 4.98 Å². The molecule has 2 aromatic heterocycles. The van der Waals surface area contributed by atoms with Crippen molar-refractivity contribution in [3.05, 3.63) is 64.4 Å². The fraction of sp³-hybridized carbons (Fsp3) is 0.261. The number of hydrogen-bond donors (Lipinski definition) is 3. The molecule has 0 aliphatic carbocycles. The normalized spacial score (nSPS) is 14.5. The molecular formula is C23H23N5O2. The Hall–Kier alpha value is -3.45. The Bertz CT molecular complexity index is 1280. The minimum Gasteiger partial charge on any atom is -0.351 e. The number of hydrogen-bond acceptors (Lipinski definition) is 4. The van der Waals surface area contributed by atoms with Gasteiger partial charge in [0.1, 0.15) is 5.82 Å². The summed E-state index contributed by atoms with van der Waals surface area (Å²) in [4.78, 5) is 38.1. The molecule has 1 aliphatic rings. The minimum absolute atomic E-state index is 0.101. The summed E-state index contributed by atoms with van der Waals surface area (Å²) in [5, 5.41) is 3.92. The van der Waals surface area contributed by atoms with Crippen molar-refractivity contribution in [2.24, 2.45) is 0 Å². The molecule has 7 nitrogen and oxygen atoms in total. The maximum Gasteiger partial charge on any atom is 0.259 e.